The van der Waals surface area contributed by atoms with Gasteiger partial charge < -0.3 is 9.64 Å². The number of carbonyl (C=O) groups excluding carboxylic acids is 2. The van der Waals surface area contributed by atoms with Crippen molar-refractivity contribution in [1.29, 1.82) is 0 Å². The van der Waals surface area contributed by atoms with Gasteiger partial charge in [0.05, 0.1) is 6.61 Å². The standard InChI is InChI=1S/C19H20N2O3/c1-2-24-19(23)20-17-9-7-15(8-10-17)18(22)21-12-11-14-5-3-4-6-16(14)13-21/h3-10H,2,11-13H2,1H3,(H,20,23). The summed E-state index contributed by atoms with van der Waals surface area (Å²) in [6.07, 6.45) is 0.383. The van der Waals surface area contributed by atoms with Crippen LogP contribution in [0.4, 0.5) is 10.5 Å². The van der Waals surface area contributed by atoms with Gasteiger partial charge in [0.25, 0.3) is 5.91 Å². The van der Waals surface area contributed by atoms with Gasteiger partial charge in [0.15, 0.2) is 0 Å². The smallest absolute Gasteiger partial charge is 0.411 e. The Morgan fingerprint density at radius 2 is 1.79 bits per heavy atom. The van der Waals surface area contributed by atoms with Crippen molar-refractivity contribution in [3.8, 4) is 0 Å². The molecule has 24 heavy (non-hydrogen) atoms. The Kier molecular flexibility index (Phi) is 4.79. The average Bonchev–Trinajstić information content (AvgIpc) is 2.61. The van der Waals surface area contributed by atoms with Crippen LogP contribution in [-0.4, -0.2) is 30.1 Å². The molecule has 0 atom stereocenters. The predicted molar refractivity (Wildman–Crippen MR) is 92.0 cm³/mol. The summed E-state index contributed by atoms with van der Waals surface area (Å²) in [5.41, 5.74) is 3.74. The van der Waals surface area contributed by atoms with E-state index in [9.17, 15) is 9.59 Å². The first kappa shape index (κ1) is 16.1. The van der Waals surface area contributed by atoms with Crippen LogP contribution in [0.3, 0.4) is 0 Å². The van der Waals surface area contributed by atoms with E-state index in [1.807, 2.05) is 17.0 Å². The van der Waals surface area contributed by atoms with E-state index in [4.69, 9.17) is 4.74 Å². The number of anilines is 1. The molecule has 2 amide bonds. The van der Waals surface area contributed by atoms with Crippen molar-refractivity contribution in [3.63, 3.8) is 0 Å². The normalized spacial score (nSPS) is 13.1. The molecule has 2 aromatic rings. The van der Waals surface area contributed by atoms with E-state index in [0.717, 1.165) is 13.0 Å². The molecule has 3 rings (SSSR count). The lowest BCUT2D eigenvalue weighted by molar-refractivity contribution is 0.0734. The van der Waals surface area contributed by atoms with Crippen molar-refractivity contribution in [2.75, 3.05) is 18.5 Å². The van der Waals surface area contributed by atoms with Crippen LogP contribution in [0.25, 0.3) is 0 Å². The van der Waals surface area contributed by atoms with E-state index in [1.54, 1.807) is 31.2 Å². The topological polar surface area (TPSA) is 58.6 Å². The molecule has 0 fully saturated rings. The summed E-state index contributed by atoms with van der Waals surface area (Å²) in [6.45, 7) is 3.42. The lowest BCUT2D eigenvalue weighted by Gasteiger charge is -2.29. The molecule has 1 aliphatic heterocycles. The van der Waals surface area contributed by atoms with Crippen LogP contribution in [0, 0.1) is 0 Å². The molecule has 1 heterocycles. The minimum absolute atomic E-state index is 0.00666. The lowest BCUT2D eigenvalue weighted by atomic mass is 9.99. The number of ether oxygens (including phenoxy) is 1. The van der Waals surface area contributed by atoms with Crippen LogP contribution in [0.5, 0.6) is 0 Å². The molecule has 0 unspecified atom stereocenters. The maximum absolute atomic E-state index is 12.7. The van der Waals surface area contributed by atoms with Crippen molar-refractivity contribution in [2.45, 2.75) is 19.9 Å². The van der Waals surface area contributed by atoms with E-state index in [0.29, 0.717) is 24.4 Å². The molecule has 1 N–H and O–H groups in total. The Bertz CT molecular complexity index is 741. The molecule has 1 aliphatic rings. The largest absolute Gasteiger partial charge is 0.450 e. The van der Waals surface area contributed by atoms with Crippen LogP contribution >= 0.6 is 0 Å². The van der Waals surface area contributed by atoms with E-state index in [2.05, 4.69) is 17.4 Å². The number of fused-ring (bicyclic) bond motifs is 1. The highest BCUT2D eigenvalue weighted by Gasteiger charge is 2.21. The summed E-state index contributed by atoms with van der Waals surface area (Å²) in [5.74, 6) is 0.00666. The van der Waals surface area contributed by atoms with E-state index in [-0.39, 0.29) is 5.91 Å². The maximum Gasteiger partial charge on any atom is 0.411 e. The first-order valence-corrected chi connectivity index (χ1v) is 8.07. The molecule has 0 radical (unpaired) electrons. The fourth-order valence-electron chi connectivity index (χ4n) is 2.83. The molecule has 0 spiro atoms. The molecular weight excluding hydrogens is 304 g/mol. The van der Waals surface area contributed by atoms with Gasteiger partial charge in [-0.15, -0.1) is 0 Å². The van der Waals surface area contributed by atoms with Crippen LogP contribution in [0.2, 0.25) is 0 Å². The molecule has 0 aliphatic carbocycles. The van der Waals surface area contributed by atoms with Gasteiger partial charge in [0, 0.05) is 24.3 Å². The number of hydrogen-bond acceptors (Lipinski definition) is 3. The lowest BCUT2D eigenvalue weighted by Crippen LogP contribution is -2.35. The Morgan fingerprint density at radius 3 is 2.50 bits per heavy atom. The van der Waals surface area contributed by atoms with Gasteiger partial charge in [0.1, 0.15) is 0 Å². The Morgan fingerprint density at radius 1 is 1.08 bits per heavy atom. The van der Waals surface area contributed by atoms with Gasteiger partial charge in [-0.05, 0) is 48.7 Å². The second-order valence-electron chi connectivity index (χ2n) is 5.67. The van der Waals surface area contributed by atoms with Gasteiger partial charge >= 0.3 is 6.09 Å². The number of nitrogens with one attached hydrogen (secondary N) is 1. The number of amides is 2. The minimum Gasteiger partial charge on any atom is -0.450 e. The third kappa shape index (κ3) is 3.56. The highest BCUT2D eigenvalue weighted by molar-refractivity contribution is 5.95. The summed E-state index contributed by atoms with van der Waals surface area (Å²) in [7, 11) is 0. The average molecular weight is 324 g/mol. The molecule has 0 aromatic heterocycles. The van der Waals surface area contributed by atoms with Gasteiger partial charge in [-0.1, -0.05) is 24.3 Å². The summed E-state index contributed by atoms with van der Waals surface area (Å²) in [5, 5.41) is 2.62. The van der Waals surface area contributed by atoms with E-state index >= 15 is 0 Å². The van der Waals surface area contributed by atoms with Crippen LogP contribution < -0.4 is 5.32 Å². The quantitative estimate of drug-likeness (QED) is 0.940. The molecule has 5 nitrogen and oxygen atoms in total. The summed E-state index contributed by atoms with van der Waals surface area (Å²) >= 11 is 0. The van der Waals surface area contributed by atoms with Gasteiger partial charge in [-0.25, -0.2) is 4.79 Å². The zero-order valence-electron chi connectivity index (χ0n) is 13.6. The second kappa shape index (κ2) is 7.17. The Balaban J connectivity index is 1.66. The summed E-state index contributed by atoms with van der Waals surface area (Å²) in [4.78, 5) is 25.9. The Hall–Kier alpha value is -2.82. The number of nitrogens with zero attached hydrogens (tertiary/aromatic N) is 1. The molecule has 0 saturated heterocycles. The number of carbonyl (C=O) groups is 2. The van der Waals surface area contributed by atoms with Crippen LogP contribution in [0.1, 0.15) is 28.4 Å². The zero-order chi connectivity index (χ0) is 16.9. The van der Waals surface area contributed by atoms with Gasteiger partial charge in [-0.3, -0.25) is 10.1 Å². The maximum atomic E-state index is 12.7. The highest BCUT2D eigenvalue weighted by Crippen LogP contribution is 2.21. The summed E-state index contributed by atoms with van der Waals surface area (Å²) < 4.78 is 4.83. The first-order valence-electron chi connectivity index (χ1n) is 8.07. The number of rotatable bonds is 3. The first-order chi connectivity index (χ1) is 11.7. The van der Waals surface area contributed by atoms with Crippen molar-refractivity contribution < 1.29 is 14.3 Å². The third-order valence-electron chi connectivity index (χ3n) is 4.07. The van der Waals surface area contributed by atoms with Crippen molar-refractivity contribution >= 4 is 17.7 Å². The van der Waals surface area contributed by atoms with E-state index < -0.39 is 6.09 Å². The van der Waals surface area contributed by atoms with Gasteiger partial charge in [0.2, 0.25) is 0 Å². The summed E-state index contributed by atoms with van der Waals surface area (Å²) in [6, 6.07) is 15.1. The van der Waals surface area contributed by atoms with Crippen molar-refractivity contribution in [2.24, 2.45) is 0 Å². The van der Waals surface area contributed by atoms with Crippen molar-refractivity contribution in [3.05, 3.63) is 65.2 Å². The van der Waals surface area contributed by atoms with Gasteiger partial charge in [-0.2, -0.15) is 0 Å². The molecule has 2 aromatic carbocycles. The zero-order valence-corrected chi connectivity index (χ0v) is 13.6. The van der Waals surface area contributed by atoms with Crippen LogP contribution in [-0.2, 0) is 17.7 Å². The monoisotopic (exact) mass is 324 g/mol. The fourth-order valence-corrected chi connectivity index (χ4v) is 2.83. The molecule has 124 valence electrons. The van der Waals surface area contributed by atoms with Crippen LogP contribution in [0.15, 0.2) is 48.5 Å². The predicted octanol–water partition coefficient (Wildman–Crippen LogP) is 3.45. The molecule has 0 saturated carbocycles. The molecule has 0 bridgehead atoms. The minimum atomic E-state index is -0.496. The third-order valence-corrected chi connectivity index (χ3v) is 4.07. The fraction of sp³-hybridized carbons (Fsp3) is 0.263. The SMILES string of the molecule is CCOC(=O)Nc1ccc(C(=O)N2CCc3ccccc3C2)cc1. The number of hydrogen-bond donors (Lipinski definition) is 1. The van der Waals surface area contributed by atoms with E-state index in [1.165, 1.54) is 11.1 Å². The second-order valence-corrected chi connectivity index (χ2v) is 5.67. The van der Waals surface area contributed by atoms with Crippen molar-refractivity contribution in [1.82, 2.24) is 4.90 Å². The Labute approximate surface area is 141 Å². The highest BCUT2D eigenvalue weighted by atomic mass is 16.5. The molecular formula is C19H20N2O3. The number of benzene rings is 2. The molecule has 5 heteroatoms.